The molecule has 4 N–H and O–H groups in total. The van der Waals surface area contributed by atoms with E-state index in [-0.39, 0.29) is 28.2 Å². The lowest BCUT2D eigenvalue weighted by molar-refractivity contribution is -0.121. The first-order chi connectivity index (χ1) is 24.6. The molecule has 4 heterocycles. The predicted octanol–water partition coefficient (Wildman–Crippen LogP) is 6.20. The van der Waals surface area contributed by atoms with E-state index in [1.165, 1.54) is 11.3 Å². The number of unbranched alkanes of at least 4 members (excludes halogenated alkanes) is 4. The number of piperazine rings is 1. The van der Waals surface area contributed by atoms with Gasteiger partial charge in [0, 0.05) is 59.9 Å². The molecule has 0 spiro atoms. The number of carbonyl (C=O) groups is 2. The predicted molar refractivity (Wildman–Crippen MR) is 209 cm³/mol. The van der Waals surface area contributed by atoms with Crippen molar-refractivity contribution in [1.29, 1.82) is 0 Å². The molecule has 3 saturated heterocycles. The van der Waals surface area contributed by atoms with Gasteiger partial charge in [0.1, 0.15) is 9.96 Å². The van der Waals surface area contributed by atoms with Crippen LogP contribution in [0, 0.1) is 6.92 Å². The van der Waals surface area contributed by atoms with Crippen LogP contribution in [0.3, 0.4) is 0 Å². The highest BCUT2D eigenvalue weighted by atomic mass is 35.5. The molecule has 3 atom stereocenters. The van der Waals surface area contributed by atoms with Crippen LogP contribution in [0.1, 0.15) is 56.9 Å². The van der Waals surface area contributed by atoms with Crippen LogP contribution in [0.25, 0.3) is 10.1 Å². The van der Waals surface area contributed by atoms with Crippen LogP contribution >= 0.6 is 34.7 Å². The molecule has 0 saturated carbocycles. The first-order valence-corrected chi connectivity index (χ1v) is 21.7. The highest BCUT2D eigenvalue weighted by Crippen LogP contribution is 2.38. The summed E-state index contributed by atoms with van der Waals surface area (Å²) in [6.45, 7) is 7.07. The van der Waals surface area contributed by atoms with E-state index < -0.39 is 10.0 Å². The highest BCUT2D eigenvalue weighted by Gasteiger charge is 2.42. The van der Waals surface area contributed by atoms with Gasteiger partial charge in [-0.1, -0.05) is 30.9 Å². The van der Waals surface area contributed by atoms with E-state index in [0.717, 1.165) is 106 Å². The molecule has 11 nitrogen and oxygen atoms in total. The van der Waals surface area contributed by atoms with Crippen molar-refractivity contribution in [3.05, 3.63) is 47.0 Å². The van der Waals surface area contributed by atoms with Gasteiger partial charge in [-0.25, -0.2) is 13.2 Å². The lowest BCUT2D eigenvalue weighted by Crippen LogP contribution is -2.46. The van der Waals surface area contributed by atoms with Crippen molar-refractivity contribution in [2.75, 3.05) is 61.8 Å². The van der Waals surface area contributed by atoms with Gasteiger partial charge in [0.25, 0.3) is 10.0 Å². The Morgan fingerprint density at radius 2 is 1.82 bits per heavy atom. The number of anilines is 2. The number of ether oxygens (including phenoxy) is 1. The summed E-state index contributed by atoms with van der Waals surface area (Å²) in [4.78, 5) is 28.6. The van der Waals surface area contributed by atoms with E-state index in [4.69, 9.17) is 16.3 Å². The lowest BCUT2D eigenvalue weighted by Gasteiger charge is -2.36. The van der Waals surface area contributed by atoms with Gasteiger partial charge in [-0.2, -0.15) is 11.8 Å². The number of hydrogen-bond donors (Lipinski definition) is 4. The van der Waals surface area contributed by atoms with Crippen molar-refractivity contribution in [1.82, 2.24) is 20.9 Å². The van der Waals surface area contributed by atoms with Crippen molar-refractivity contribution in [2.24, 2.45) is 0 Å². The number of nitrogens with one attached hydrogen (secondary N) is 4. The number of sulfonamides is 1. The molecule has 2 aromatic carbocycles. The van der Waals surface area contributed by atoms with Crippen molar-refractivity contribution in [3.63, 3.8) is 0 Å². The molecule has 3 aromatic rings. The van der Waals surface area contributed by atoms with E-state index in [0.29, 0.717) is 33.7 Å². The second kappa shape index (κ2) is 17.3. The first-order valence-electron chi connectivity index (χ1n) is 17.9. The fourth-order valence-electron chi connectivity index (χ4n) is 7.25. The Balaban J connectivity index is 0.863. The summed E-state index contributed by atoms with van der Waals surface area (Å²) >= 11 is 9.33. The number of thioether (sulfide) groups is 1. The summed E-state index contributed by atoms with van der Waals surface area (Å²) in [5.41, 5.74) is 2.06. The lowest BCUT2D eigenvalue weighted by atomic mass is 10.0. The van der Waals surface area contributed by atoms with Gasteiger partial charge in [-0.15, -0.1) is 11.3 Å². The number of aryl methyl sites for hydroxylation is 1. The number of fused-ring (bicyclic) bond motifs is 2. The number of thiophene rings is 1. The Morgan fingerprint density at radius 3 is 2.63 bits per heavy atom. The molecule has 3 aliphatic rings. The minimum absolute atomic E-state index is 0.0496. The van der Waals surface area contributed by atoms with Crippen molar-refractivity contribution in [3.8, 4) is 5.75 Å². The van der Waals surface area contributed by atoms with Crippen LogP contribution in [0.2, 0.25) is 5.02 Å². The number of benzene rings is 2. The minimum Gasteiger partial charge on any atom is -0.495 e. The van der Waals surface area contributed by atoms with E-state index in [2.05, 4.69) is 30.5 Å². The molecule has 51 heavy (non-hydrogen) atoms. The number of nitrogens with zero attached hydrogens (tertiary/aromatic N) is 2. The van der Waals surface area contributed by atoms with E-state index in [1.807, 2.05) is 43.0 Å². The van der Waals surface area contributed by atoms with E-state index in [9.17, 15) is 18.0 Å². The molecular weight excluding hydrogens is 728 g/mol. The summed E-state index contributed by atoms with van der Waals surface area (Å²) in [6.07, 6.45) is 7.82. The van der Waals surface area contributed by atoms with Crippen LogP contribution in [-0.4, -0.2) is 94.7 Å². The third-order valence-electron chi connectivity index (χ3n) is 10.0. The molecule has 0 aliphatic carbocycles. The van der Waals surface area contributed by atoms with Crippen molar-refractivity contribution < 1.29 is 22.7 Å². The van der Waals surface area contributed by atoms with Crippen LogP contribution < -0.4 is 30.3 Å². The molecular formula is C36H49ClN6O5S3. The molecule has 15 heteroatoms. The summed E-state index contributed by atoms with van der Waals surface area (Å²) in [6, 6.07) is 11.3. The molecule has 3 amide bonds. The van der Waals surface area contributed by atoms with E-state index in [1.54, 1.807) is 19.2 Å². The Labute approximate surface area is 314 Å². The maximum Gasteiger partial charge on any atom is 0.315 e. The van der Waals surface area contributed by atoms with Gasteiger partial charge in [-0.3, -0.25) is 14.4 Å². The third kappa shape index (κ3) is 9.56. The summed E-state index contributed by atoms with van der Waals surface area (Å²) < 4.78 is 36.6. The zero-order valence-electron chi connectivity index (χ0n) is 29.3. The van der Waals surface area contributed by atoms with Gasteiger partial charge >= 0.3 is 6.03 Å². The molecule has 3 fully saturated rings. The number of rotatable bonds is 17. The molecule has 1 aromatic heterocycles. The van der Waals surface area contributed by atoms with Gasteiger partial charge in [0.05, 0.1) is 30.6 Å². The van der Waals surface area contributed by atoms with Crippen LogP contribution in [0.4, 0.5) is 16.2 Å². The fraction of sp³-hybridized carbons (Fsp3) is 0.556. The average Bonchev–Trinajstić information content (AvgIpc) is 3.78. The normalized spacial score (nSPS) is 20.6. The van der Waals surface area contributed by atoms with Crippen LogP contribution in [-0.2, 0) is 14.8 Å². The molecule has 0 radical (unpaired) electrons. The second-order valence-electron chi connectivity index (χ2n) is 13.6. The quantitative estimate of drug-likeness (QED) is 0.0943. The SMILES string of the molecule is COc1ccc(NS(=O)(=O)c2sc3ccc(Cl)cc3c2C)cc1N1CCN(CCCCCCNC(=O)CCCC[C@@H]2SC[C@@H]3NC(=O)N[C@@H]32)CC1. The number of hydrogen-bond acceptors (Lipinski definition) is 9. The maximum atomic E-state index is 13.5. The number of methoxy groups -OCH3 is 1. The van der Waals surface area contributed by atoms with Gasteiger partial charge in [-0.05, 0) is 86.5 Å². The topological polar surface area (TPSA) is 132 Å². The maximum absolute atomic E-state index is 13.5. The smallest absolute Gasteiger partial charge is 0.315 e. The number of urea groups is 1. The van der Waals surface area contributed by atoms with Crippen LogP contribution in [0.15, 0.2) is 40.6 Å². The van der Waals surface area contributed by atoms with Gasteiger partial charge in [0.15, 0.2) is 0 Å². The van der Waals surface area contributed by atoms with E-state index >= 15 is 0 Å². The molecule has 0 unspecified atom stereocenters. The number of amides is 3. The average molecular weight is 777 g/mol. The Bertz CT molecular complexity index is 1800. The Kier molecular flexibility index (Phi) is 12.8. The standard InChI is InChI=1S/C36H49ClN6O5S3/c1-24-27-21-25(37)11-14-31(27)50-35(24)51(46,47)41-26-12-13-30(48-2)29(22-26)43-19-17-42(18-20-43)16-8-4-3-7-15-38-33(44)10-6-5-9-32-34-28(23-49-32)39-36(45)40-34/h11-14,21-22,28,32,34,41H,3-10,15-20,23H2,1-2H3,(H,38,44)(H2,39,40,45)/t28-,32-,34-/m0/s1. The molecule has 278 valence electrons. The van der Waals surface area contributed by atoms with Crippen molar-refractivity contribution >= 4 is 78.1 Å². The van der Waals surface area contributed by atoms with Crippen molar-refractivity contribution in [2.45, 2.75) is 79.8 Å². The molecule has 0 bridgehead atoms. The first kappa shape index (κ1) is 37.8. The monoisotopic (exact) mass is 776 g/mol. The largest absolute Gasteiger partial charge is 0.495 e. The number of carbonyl (C=O) groups excluding carboxylic acids is 2. The zero-order valence-corrected chi connectivity index (χ0v) is 32.5. The Hall–Kier alpha value is -2.91. The third-order valence-corrected chi connectivity index (χ3v) is 15.1. The zero-order chi connectivity index (χ0) is 36.0. The van der Waals surface area contributed by atoms with Gasteiger partial charge in [0.2, 0.25) is 5.91 Å². The molecule has 3 aliphatic heterocycles. The highest BCUT2D eigenvalue weighted by molar-refractivity contribution is 8.00. The number of halogens is 1. The fourth-order valence-corrected chi connectivity index (χ4v) is 11.8. The summed E-state index contributed by atoms with van der Waals surface area (Å²) in [5.74, 6) is 1.82. The molecule has 6 rings (SSSR count). The van der Waals surface area contributed by atoms with Gasteiger partial charge < -0.3 is 25.6 Å². The van der Waals surface area contributed by atoms with Crippen LogP contribution in [0.5, 0.6) is 5.75 Å². The second-order valence-corrected chi connectivity index (χ2v) is 18.2. The Morgan fingerprint density at radius 1 is 1.02 bits per heavy atom. The minimum atomic E-state index is -3.80. The summed E-state index contributed by atoms with van der Waals surface area (Å²) in [7, 11) is -2.17. The summed E-state index contributed by atoms with van der Waals surface area (Å²) in [5, 5.41) is 11.0.